The number of carbonyl (C=O) groups is 1. The molecule has 0 atom stereocenters. The molecule has 1 aromatic heterocycles. The maximum atomic E-state index is 11.1. The second-order valence-corrected chi connectivity index (χ2v) is 4.36. The Bertz CT molecular complexity index is 336. The van der Waals surface area contributed by atoms with Crippen molar-refractivity contribution < 1.29 is 13.9 Å². The summed E-state index contributed by atoms with van der Waals surface area (Å²) in [4.78, 5) is 11.1. The van der Waals surface area contributed by atoms with E-state index < -0.39 is 5.97 Å². The normalized spacial score (nSPS) is 11.5. The first-order valence-corrected chi connectivity index (χ1v) is 4.84. The summed E-state index contributed by atoms with van der Waals surface area (Å²) < 4.78 is 9.84. The minimum Gasteiger partial charge on any atom is -0.463 e. The first kappa shape index (κ1) is 11.8. The van der Waals surface area contributed by atoms with E-state index in [1.165, 1.54) is 7.11 Å². The van der Waals surface area contributed by atoms with Crippen molar-refractivity contribution in [3.8, 4) is 0 Å². The topological polar surface area (TPSA) is 51.5 Å². The van der Waals surface area contributed by atoms with Crippen LogP contribution < -0.4 is 5.32 Å². The van der Waals surface area contributed by atoms with Gasteiger partial charge < -0.3 is 14.5 Å². The molecule has 4 heteroatoms. The van der Waals surface area contributed by atoms with Crippen molar-refractivity contribution in [2.75, 3.05) is 7.11 Å². The van der Waals surface area contributed by atoms with Crippen LogP contribution in [0.4, 0.5) is 0 Å². The van der Waals surface area contributed by atoms with Crippen molar-refractivity contribution in [2.45, 2.75) is 32.9 Å². The first-order valence-electron chi connectivity index (χ1n) is 4.84. The van der Waals surface area contributed by atoms with Crippen LogP contribution in [0.15, 0.2) is 16.5 Å². The van der Waals surface area contributed by atoms with E-state index in [9.17, 15) is 4.79 Å². The van der Waals surface area contributed by atoms with Gasteiger partial charge in [-0.1, -0.05) is 0 Å². The summed E-state index contributed by atoms with van der Waals surface area (Å²) in [5, 5.41) is 3.26. The zero-order chi connectivity index (χ0) is 11.5. The van der Waals surface area contributed by atoms with Crippen LogP contribution in [-0.4, -0.2) is 18.6 Å². The lowest BCUT2D eigenvalue weighted by Crippen LogP contribution is -2.34. The van der Waals surface area contributed by atoms with Crippen LogP contribution in [0.25, 0.3) is 0 Å². The summed E-state index contributed by atoms with van der Waals surface area (Å²) in [5.41, 5.74) is 0.0260. The van der Waals surface area contributed by atoms with Crippen molar-refractivity contribution in [1.82, 2.24) is 5.32 Å². The Labute approximate surface area is 89.6 Å². The molecule has 4 nitrogen and oxygen atoms in total. The first-order chi connectivity index (χ1) is 6.92. The van der Waals surface area contributed by atoms with Crippen molar-refractivity contribution in [2.24, 2.45) is 0 Å². The van der Waals surface area contributed by atoms with E-state index >= 15 is 0 Å². The summed E-state index contributed by atoms with van der Waals surface area (Å²) in [6, 6.07) is 3.39. The molecule has 0 saturated carbocycles. The predicted molar refractivity (Wildman–Crippen MR) is 56.6 cm³/mol. The van der Waals surface area contributed by atoms with Crippen LogP contribution in [-0.2, 0) is 11.3 Å². The molecule has 0 aliphatic rings. The van der Waals surface area contributed by atoms with Crippen LogP contribution in [0.2, 0.25) is 0 Å². The highest BCUT2D eigenvalue weighted by Crippen LogP contribution is 2.10. The molecule has 1 heterocycles. The van der Waals surface area contributed by atoms with Crippen molar-refractivity contribution in [3.63, 3.8) is 0 Å². The van der Waals surface area contributed by atoms with Gasteiger partial charge in [-0.25, -0.2) is 4.79 Å². The maximum absolute atomic E-state index is 11.1. The van der Waals surface area contributed by atoms with E-state index in [-0.39, 0.29) is 11.3 Å². The number of esters is 1. The van der Waals surface area contributed by atoms with E-state index in [1.807, 2.05) is 0 Å². The van der Waals surface area contributed by atoms with Crippen LogP contribution in [0.3, 0.4) is 0 Å². The third-order valence-corrected chi connectivity index (χ3v) is 1.84. The smallest absolute Gasteiger partial charge is 0.373 e. The Balaban J connectivity index is 2.57. The van der Waals surface area contributed by atoms with E-state index in [1.54, 1.807) is 12.1 Å². The van der Waals surface area contributed by atoms with E-state index in [4.69, 9.17) is 4.42 Å². The molecule has 0 unspecified atom stereocenters. The Morgan fingerprint density at radius 1 is 1.47 bits per heavy atom. The van der Waals surface area contributed by atoms with Gasteiger partial charge >= 0.3 is 5.97 Å². The lowest BCUT2D eigenvalue weighted by molar-refractivity contribution is 0.0562. The summed E-state index contributed by atoms with van der Waals surface area (Å²) in [6.07, 6.45) is 0. The molecule has 84 valence electrons. The molecule has 0 spiro atoms. The predicted octanol–water partition coefficient (Wildman–Crippen LogP) is 1.95. The standard InChI is InChI=1S/C11H17NO3/c1-11(2,3)12-7-8-5-6-9(15-8)10(13)14-4/h5-6,12H,7H2,1-4H3. The van der Waals surface area contributed by atoms with Gasteiger partial charge in [0, 0.05) is 5.54 Å². The Kier molecular flexibility index (Phi) is 3.52. The van der Waals surface area contributed by atoms with Crippen molar-refractivity contribution in [1.29, 1.82) is 0 Å². The molecular weight excluding hydrogens is 194 g/mol. The van der Waals surface area contributed by atoms with Gasteiger partial charge in [-0.05, 0) is 32.9 Å². The molecule has 0 aliphatic heterocycles. The number of furan rings is 1. The molecular formula is C11H17NO3. The molecule has 0 amide bonds. The Morgan fingerprint density at radius 3 is 2.67 bits per heavy atom. The fourth-order valence-corrected chi connectivity index (χ4v) is 1.04. The molecule has 0 saturated heterocycles. The summed E-state index contributed by atoms with van der Waals surface area (Å²) in [7, 11) is 1.33. The molecule has 1 rings (SSSR count). The molecule has 0 aliphatic carbocycles. The molecule has 0 radical (unpaired) electrons. The minimum absolute atomic E-state index is 0.0260. The van der Waals surface area contributed by atoms with Crippen LogP contribution in [0.5, 0.6) is 0 Å². The number of rotatable bonds is 3. The fourth-order valence-electron chi connectivity index (χ4n) is 1.04. The quantitative estimate of drug-likeness (QED) is 0.776. The van der Waals surface area contributed by atoms with Gasteiger partial charge in [-0.3, -0.25) is 0 Å². The average Bonchev–Trinajstić information content (AvgIpc) is 2.61. The number of methoxy groups -OCH3 is 1. The second kappa shape index (κ2) is 4.49. The number of ether oxygens (including phenoxy) is 1. The zero-order valence-corrected chi connectivity index (χ0v) is 9.59. The molecule has 0 fully saturated rings. The van der Waals surface area contributed by atoms with Crippen LogP contribution >= 0.6 is 0 Å². The highest BCUT2D eigenvalue weighted by atomic mass is 16.5. The summed E-state index contributed by atoms with van der Waals surface area (Å²) in [6.45, 7) is 6.80. The summed E-state index contributed by atoms with van der Waals surface area (Å²) >= 11 is 0. The highest BCUT2D eigenvalue weighted by Gasteiger charge is 2.13. The zero-order valence-electron chi connectivity index (χ0n) is 9.59. The number of hydrogen-bond donors (Lipinski definition) is 1. The maximum Gasteiger partial charge on any atom is 0.373 e. The van der Waals surface area contributed by atoms with E-state index in [2.05, 4.69) is 30.8 Å². The van der Waals surface area contributed by atoms with Crippen molar-refractivity contribution in [3.05, 3.63) is 23.7 Å². The van der Waals surface area contributed by atoms with E-state index in [0.717, 1.165) is 5.76 Å². The largest absolute Gasteiger partial charge is 0.463 e. The third kappa shape index (κ3) is 3.75. The summed E-state index contributed by atoms with van der Waals surface area (Å²) in [5.74, 6) is 0.519. The van der Waals surface area contributed by atoms with Gasteiger partial charge in [0.2, 0.25) is 5.76 Å². The van der Waals surface area contributed by atoms with Gasteiger partial charge in [0.1, 0.15) is 5.76 Å². The van der Waals surface area contributed by atoms with E-state index in [0.29, 0.717) is 6.54 Å². The minimum atomic E-state index is -0.447. The molecule has 0 aromatic carbocycles. The van der Waals surface area contributed by atoms with Crippen LogP contribution in [0.1, 0.15) is 37.1 Å². The Hall–Kier alpha value is -1.29. The average molecular weight is 211 g/mol. The molecule has 1 aromatic rings. The van der Waals surface area contributed by atoms with Crippen molar-refractivity contribution >= 4 is 5.97 Å². The molecule has 0 bridgehead atoms. The van der Waals surface area contributed by atoms with Gasteiger partial charge in [0.15, 0.2) is 0 Å². The number of carbonyl (C=O) groups excluding carboxylic acids is 1. The lowest BCUT2D eigenvalue weighted by Gasteiger charge is -2.19. The highest BCUT2D eigenvalue weighted by molar-refractivity contribution is 5.86. The van der Waals surface area contributed by atoms with Crippen LogP contribution in [0, 0.1) is 0 Å². The fraction of sp³-hybridized carbons (Fsp3) is 0.545. The van der Waals surface area contributed by atoms with Gasteiger partial charge in [0.05, 0.1) is 13.7 Å². The molecule has 1 N–H and O–H groups in total. The number of hydrogen-bond acceptors (Lipinski definition) is 4. The Morgan fingerprint density at radius 2 is 2.13 bits per heavy atom. The lowest BCUT2D eigenvalue weighted by atomic mass is 10.1. The number of nitrogens with one attached hydrogen (secondary N) is 1. The van der Waals surface area contributed by atoms with Gasteiger partial charge in [-0.15, -0.1) is 0 Å². The SMILES string of the molecule is COC(=O)c1ccc(CNC(C)(C)C)o1. The third-order valence-electron chi connectivity index (χ3n) is 1.84. The molecule has 15 heavy (non-hydrogen) atoms. The second-order valence-electron chi connectivity index (χ2n) is 4.36. The van der Waals surface area contributed by atoms with Gasteiger partial charge in [0.25, 0.3) is 0 Å². The monoisotopic (exact) mass is 211 g/mol. The van der Waals surface area contributed by atoms with Gasteiger partial charge in [-0.2, -0.15) is 0 Å².